The average Bonchev–Trinajstić information content (AvgIpc) is 3.17. The van der Waals surface area contributed by atoms with Crippen molar-refractivity contribution >= 4 is 35.0 Å². The first kappa shape index (κ1) is 22.9. The SMILES string of the molecule is NC(=O)c1c(-c2ccc(Cl)c(Cl)c2)nn2c1CN(C(=O)CC1CC(c3ccc(F)cc3)C1)CC2. The third kappa shape index (κ3) is 4.30. The average molecular weight is 501 g/mol. The fourth-order valence-corrected chi connectivity index (χ4v) is 5.22. The molecule has 3 aromatic rings. The van der Waals surface area contributed by atoms with Gasteiger partial charge in [0, 0.05) is 18.5 Å². The number of benzene rings is 2. The van der Waals surface area contributed by atoms with Crippen LogP contribution in [0, 0.1) is 11.7 Å². The number of nitrogens with two attached hydrogens (primary N) is 1. The summed E-state index contributed by atoms with van der Waals surface area (Å²) < 4.78 is 14.9. The largest absolute Gasteiger partial charge is 0.365 e. The minimum Gasteiger partial charge on any atom is -0.365 e. The fraction of sp³-hybridized carbons (Fsp3) is 0.320. The molecule has 2 heterocycles. The molecule has 2 aliphatic rings. The van der Waals surface area contributed by atoms with E-state index >= 15 is 0 Å². The molecule has 0 saturated heterocycles. The lowest BCUT2D eigenvalue weighted by atomic mass is 9.70. The van der Waals surface area contributed by atoms with E-state index < -0.39 is 5.91 Å². The maximum atomic E-state index is 13.1. The molecule has 1 aliphatic carbocycles. The van der Waals surface area contributed by atoms with Gasteiger partial charge in [-0.1, -0.05) is 41.4 Å². The quantitative estimate of drug-likeness (QED) is 0.533. The summed E-state index contributed by atoms with van der Waals surface area (Å²) in [6, 6.07) is 11.6. The Balaban J connectivity index is 1.28. The van der Waals surface area contributed by atoms with Gasteiger partial charge in [-0.3, -0.25) is 14.3 Å². The molecule has 176 valence electrons. The molecule has 2 amide bonds. The summed E-state index contributed by atoms with van der Waals surface area (Å²) in [5, 5.41) is 5.36. The van der Waals surface area contributed by atoms with Crippen molar-refractivity contribution in [3.05, 3.63) is 75.1 Å². The molecule has 1 saturated carbocycles. The van der Waals surface area contributed by atoms with E-state index in [2.05, 4.69) is 5.10 Å². The van der Waals surface area contributed by atoms with Crippen LogP contribution in [-0.2, 0) is 17.9 Å². The minimum absolute atomic E-state index is 0.0570. The molecule has 5 rings (SSSR count). The van der Waals surface area contributed by atoms with E-state index in [4.69, 9.17) is 28.9 Å². The van der Waals surface area contributed by atoms with E-state index in [0.717, 1.165) is 18.4 Å². The normalized spacial score (nSPS) is 19.4. The third-order valence-corrected chi connectivity index (χ3v) is 7.55. The second kappa shape index (κ2) is 9.04. The lowest BCUT2D eigenvalue weighted by Crippen LogP contribution is -2.40. The highest BCUT2D eigenvalue weighted by Crippen LogP contribution is 2.43. The van der Waals surface area contributed by atoms with Crippen molar-refractivity contribution in [2.45, 2.75) is 38.3 Å². The summed E-state index contributed by atoms with van der Waals surface area (Å²) in [4.78, 5) is 27.2. The van der Waals surface area contributed by atoms with E-state index in [-0.39, 0.29) is 18.3 Å². The second-order valence-electron chi connectivity index (χ2n) is 8.99. The number of primary amides is 1. The lowest BCUT2D eigenvalue weighted by molar-refractivity contribution is -0.134. The van der Waals surface area contributed by atoms with Gasteiger partial charge >= 0.3 is 0 Å². The molecule has 0 radical (unpaired) electrons. The van der Waals surface area contributed by atoms with Crippen molar-refractivity contribution in [3.8, 4) is 11.3 Å². The van der Waals surface area contributed by atoms with Gasteiger partial charge in [0.15, 0.2) is 0 Å². The van der Waals surface area contributed by atoms with E-state index in [1.165, 1.54) is 12.1 Å². The molecule has 0 atom stereocenters. The van der Waals surface area contributed by atoms with Gasteiger partial charge in [-0.25, -0.2) is 4.39 Å². The van der Waals surface area contributed by atoms with Crippen LogP contribution in [0.3, 0.4) is 0 Å². The van der Waals surface area contributed by atoms with Gasteiger partial charge in [0.25, 0.3) is 5.91 Å². The Hall–Kier alpha value is -2.90. The summed E-state index contributed by atoms with van der Waals surface area (Å²) in [6.07, 6.45) is 2.28. The number of hydrogen-bond acceptors (Lipinski definition) is 3. The molecule has 1 aromatic heterocycles. The zero-order valence-electron chi connectivity index (χ0n) is 18.3. The fourth-order valence-electron chi connectivity index (χ4n) is 4.92. The number of halogens is 3. The number of aromatic nitrogens is 2. The van der Waals surface area contributed by atoms with E-state index in [0.29, 0.717) is 63.9 Å². The monoisotopic (exact) mass is 500 g/mol. The van der Waals surface area contributed by atoms with E-state index in [9.17, 15) is 14.0 Å². The van der Waals surface area contributed by atoms with Crippen LogP contribution in [0.4, 0.5) is 4.39 Å². The van der Waals surface area contributed by atoms with Crippen molar-refractivity contribution in [1.29, 1.82) is 0 Å². The zero-order valence-corrected chi connectivity index (χ0v) is 19.8. The highest BCUT2D eigenvalue weighted by Gasteiger charge is 2.35. The van der Waals surface area contributed by atoms with E-state index in [1.807, 2.05) is 12.1 Å². The smallest absolute Gasteiger partial charge is 0.252 e. The standard InChI is InChI=1S/C25H23Cl2FN4O2/c26-19-6-3-16(12-20(19)27)24-23(25(29)34)21-13-31(7-8-32(21)30-24)22(33)11-14-9-17(10-14)15-1-4-18(28)5-2-15/h1-6,12,14,17H,7-11,13H2,(H2,29,34). The number of carbonyl (C=O) groups is 2. The van der Waals surface area contributed by atoms with Crippen LogP contribution in [0.5, 0.6) is 0 Å². The Bertz CT molecular complexity index is 1270. The molecular formula is C25H23Cl2FN4O2. The number of carbonyl (C=O) groups excluding carboxylic acids is 2. The lowest BCUT2D eigenvalue weighted by Gasteiger charge is -2.37. The summed E-state index contributed by atoms with van der Waals surface area (Å²) in [6.45, 7) is 1.27. The van der Waals surface area contributed by atoms with Gasteiger partial charge in [0.1, 0.15) is 11.5 Å². The molecule has 34 heavy (non-hydrogen) atoms. The molecule has 9 heteroatoms. The van der Waals surface area contributed by atoms with Gasteiger partial charge in [-0.05, 0) is 54.5 Å². The first-order valence-corrected chi connectivity index (χ1v) is 11.9. The Morgan fingerprint density at radius 2 is 1.79 bits per heavy atom. The van der Waals surface area contributed by atoms with Crippen LogP contribution in [0.25, 0.3) is 11.3 Å². The van der Waals surface area contributed by atoms with Crippen LogP contribution in [-0.4, -0.2) is 33.0 Å². The molecule has 1 fully saturated rings. The van der Waals surface area contributed by atoms with Crippen molar-refractivity contribution in [2.75, 3.05) is 6.54 Å². The summed E-state index contributed by atoms with van der Waals surface area (Å²) in [5.41, 5.74) is 8.86. The molecule has 0 spiro atoms. The van der Waals surface area contributed by atoms with Crippen LogP contribution in [0.2, 0.25) is 10.0 Å². The van der Waals surface area contributed by atoms with E-state index in [1.54, 1.807) is 27.8 Å². The molecule has 2 aromatic carbocycles. The number of fused-ring (bicyclic) bond motifs is 1. The number of nitrogens with zero attached hydrogens (tertiary/aromatic N) is 3. The number of amides is 2. The predicted octanol–water partition coefficient (Wildman–Crippen LogP) is 5.02. The molecule has 2 N–H and O–H groups in total. The number of hydrogen-bond donors (Lipinski definition) is 1. The summed E-state index contributed by atoms with van der Waals surface area (Å²) in [7, 11) is 0. The molecular weight excluding hydrogens is 478 g/mol. The minimum atomic E-state index is -0.599. The van der Waals surface area contributed by atoms with Crippen molar-refractivity contribution in [2.24, 2.45) is 11.7 Å². The first-order valence-electron chi connectivity index (χ1n) is 11.2. The maximum absolute atomic E-state index is 13.1. The van der Waals surface area contributed by atoms with Crippen LogP contribution >= 0.6 is 23.2 Å². The first-order chi connectivity index (χ1) is 16.3. The Morgan fingerprint density at radius 1 is 1.06 bits per heavy atom. The summed E-state index contributed by atoms with van der Waals surface area (Å²) in [5.74, 6) is -0.107. The van der Waals surface area contributed by atoms with Crippen LogP contribution in [0.15, 0.2) is 42.5 Å². The van der Waals surface area contributed by atoms with Gasteiger partial charge in [0.05, 0.1) is 34.4 Å². The van der Waals surface area contributed by atoms with Crippen molar-refractivity contribution in [3.63, 3.8) is 0 Å². The maximum Gasteiger partial charge on any atom is 0.252 e. The molecule has 6 nitrogen and oxygen atoms in total. The molecule has 1 aliphatic heterocycles. The van der Waals surface area contributed by atoms with Gasteiger partial charge < -0.3 is 10.6 Å². The molecule has 0 unspecified atom stereocenters. The zero-order chi connectivity index (χ0) is 24.0. The topological polar surface area (TPSA) is 81.2 Å². The third-order valence-electron chi connectivity index (χ3n) is 6.81. The predicted molar refractivity (Wildman–Crippen MR) is 128 cm³/mol. The Labute approximate surface area is 206 Å². The van der Waals surface area contributed by atoms with Crippen LogP contribution < -0.4 is 5.73 Å². The van der Waals surface area contributed by atoms with Crippen molar-refractivity contribution < 1.29 is 14.0 Å². The summed E-state index contributed by atoms with van der Waals surface area (Å²) >= 11 is 12.2. The van der Waals surface area contributed by atoms with Gasteiger partial charge in [0.2, 0.25) is 5.91 Å². The molecule has 0 bridgehead atoms. The highest BCUT2D eigenvalue weighted by molar-refractivity contribution is 6.42. The Morgan fingerprint density at radius 3 is 2.47 bits per heavy atom. The number of rotatable bonds is 5. The van der Waals surface area contributed by atoms with Gasteiger partial charge in [-0.2, -0.15) is 5.10 Å². The highest BCUT2D eigenvalue weighted by atomic mass is 35.5. The second-order valence-corrected chi connectivity index (χ2v) is 9.81. The Kier molecular flexibility index (Phi) is 6.08. The van der Waals surface area contributed by atoms with Crippen LogP contribution in [0.1, 0.15) is 46.8 Å². The van der Waals surface area contributed by atoms with Crippen molar-refractivity contribution in [1.82, 2.24) is 14.7 Å². The van der Waals surface area contributed by atoms with Gasteiger partial charge in [-0.15, -0.1) is 0 Å².